The molecule has 0 saturated carbocycles. The molecule has 0 unspecified atom stereocenters. The molecule has 0 spiro atoms. The fourth-order valence-corrected chi connectivity index (χ4v) is 3.33. The molecule has 2 aliphatic heterocycles. The van der Waals surface area contributed by atoms with E-state index in [0.717, 1.165) is 25.8 Å². The van der Waals surface area contributed by atoms with E-state index in [1.807, 2.05) is 4.90 Å². The van der Waals surface area contributed by atoms with Gasteiger partial charge in [0.2, 0.25) is 5.91 Å². The van der Waals surface area contributed by atoms with Gasteiger partial charge in [0.05, 0.1) is 6.04 Å². The second-order valence-electron chi connectivity index (χ2n) is 6.37. The summed E-state index contributed by atoms with van der Waals surface area (Å²) in [5, 5.41) is 2.97. The number of halogens is 1. The summed E-state index contributed by atoms with van der Waals surface area (Å²) in [6, 6.07) is 5.81. The molecular formula is C17H22FN3O2. The molecule has 1 N–H and O–H groups in total. The van der Waals surface area contributed by atoms with E-state index in [9.17, 15) is 14.0 Å². The quantitative estimate of drug-likeness (QED) is 0.910. The zero-order chi connectivity index (χ0) is 16.4. The molecule has 6 heteroatoms. The van der Waals surface area contributed by atoms with Crippen LogP contribution < -0.4 is 10.2 Å². The Morgan fingerprint density at radius 1 is 1.26 bits per heavy atom. The van der Waals surface area contributed by atoms with Gasteiger partial charge in [0.25, 0.3) is 0 Å². The third-order valence-corrected chi connectivity index (χ3v) is 4.65. The summed E-state index contributed by atoms with van der Waals surface area (Å²) in [7, 11) is 0. The van der Waals surface area contributed by atoms with Crippen LogP contribution in [0.4, 0.5) is 14.9 Å². The predicted octanol–water partition coefficient (Wildman–Crippen LogP) is 2.52. The molecule has 5 nitrogen and oxygen atoms in total. The van der Waals surface area contributed by atoms with E-state index in [-0.39, 0.29) is 36.3 Å². The van der Waals surface area contributed by atoms with E-state index in [4.69, 9.17) is 0 Å². The molecule has 0 bridgehead atoms. The first kappa shape index (κ1) is 15.8. The van der Waals surface area contributed by atoms with Crippen LogP contribution in [0.5, 0.6) is 0 Å². The maximum absolute atomic E-state index is 13.0. The normalized spacial score (nSPS) is 24.9. The Morgan fingerprint density at radius 3 is 2.70 bits per heavy atom. The average molecular weight is 319 g/mol. The topological polar surface area (TPSA) is 52.7 Å². The van der Waals surface area contributed by atoms with Crippen LogP contribution in [-0.4, -0.2) is 42.0 Å². The molecule has 0 aromatic heterocycles. The first-order valence-electron chi connectivity index (χ1n) is 8.17. The molecule has 2 heterocycles. The van der Waals surface area contributed by atoms with Gasteiger partial charge < -0.3 is 15.1 Å². The van der Waals surface area contributed by atoms with Crippen LogP contribution in [0.3, 0.4) is 0 Å². The molecule has 2 fully saturated rings. The van der Waals surface area contributed by atoms with Crippen molar-refractivity contribution in [1.29, 1.82) is 0 Å². The molecular weight excluding hydrogens is 297 g/mol. The average Bonchev–Trinajstić information content (AvgIpc) is 2.89. The second kappa shape index (κ2) is 6.56. The van der Waals surface area contributed by atoms with Crippen molar-refractivity contribution >= 4 is 17.6 Å². The van der Waals surface area contributed by atoms with Crippen molar-refractivity contribution in [3.8, 4) is 0 Å². The Hall–Kier alpha value is -2.11. The molecule has 1 aromatic rings. The van der Waals surface area contributed by atoms with E-state index >= 15 is 0 Å². The van der Waals surface area contributed by atoms with Crippen LogP contribution >= 0.6 is 0 Å². The minimum absolute atomic E-state index is 0.0476. The molecule has 3 rings (SSSR count). The van der Waals surface area contributed by atoms with Gasteiger partial charge in [-0.2, -0.15) is 0 Å². The molecule has 124 valence electrons. The van der Waals surface area contributed by atoms with Crippen molar-refractivity contribution in [3.63, 3.8) is 0 Å². The first-order chi connectivity index (χ1) is 11.0. The third kappa shape index (κ3) is 3.46. The van der Waals surface area contributed by atoms with Gasteiger partial charge in [-0.25, -0.2) is 9.18 Å². The van der Waals surface area contributed by atoms with Crippen molar-refractivity contribution < 1.29 is 14.0 Å². The smallest absolute Gasteiger partial charge is 0.317 e. The number of hydrogen-bond acceptors (Lipinski definition) is 2. The van der Waals surface area contributed by atoms with E-state index in [1.54, 1.807) is 17.0 Å². The number of urea groups is 1. The summed E-state index contributed by atoms with van der Waals surface area (Å²) < 4.78 is 13.0. The lowest BCUT2D eigenvalue weighted by molar-refractivity contribution is -0.117. The maximum Gasteiger partial charge on any atom is 0.317 e. The summed E-state index contributed by atoms with van der Waals surface area (Å²) in [6.07, 6.45) is 3.50. The summed E-state index contributed by atoms with van der Waals surface area (Å²) >= 11 is 0. The number of benzene rings is 1. The van der Waals surface area contributed by atoms with Crippen molar-refractivity contribution in [3.05, 3.63) is 30.1 Å². The SMILES string of the molecule is C[C@@H]1CCCCN1C(=O)N[C@@H]1CC(=O)N(c2ccc(F)cc2)C1. The lowest BCUT2D eigenvalue weighted by Gasteiger charge is -2.34. The van der Waals surface area contributed by atoms with Crippen LogP contribution in [0.25, 0.3) is 0 Å². The van der Waals surface area contributed by atoms with E-state index in [0.29, 0.717) is 12.2 Å². The summed E-state index contributed by atoms with van der Waals surface area (Å²) in [5.74, 6) is -0.377. The predicted molar refractivity (Wildman–Crippen MR) is 85.7 cm³/mol. The number of amides is 3. The van der Waals surface area contributed by atoms with Crippen molar-refractivity contribution in [2.24, 2.45) is 0 Å². The minimum atomic E-state index is -0.329. The largest absolute Gasteiger partial charge is 0.333 e. The van der Waals surface area contributed by atoms with Crippen LogP contribution in [-0.2, 0) is 4.79 Å². The summed E-state index contributed by atoms with van der Waals surface area (Å²) in [4.78, 5) is 28.0. The highest BCUT2D eigenvalue weighted by molar-refractivity contribution is 5.96. The number of rotatable bonds is 2. The lowest BCUT2D eigenvalue weighted by Crippen LogP contribution is -2.50. The Labute approximate surface area is 135 Å². The zero-order valence-electron chi connectivity index (χ0n) is 13.3. The molecule has 2 aliphatic rings. The van der Waals surface area contributed by atoms with Crippen LogP contribution in [0, 0.1) is 5.82 Å². The Kier molecular flexibility index (Phi) is 4.50. The third-order valence-electron chi connectivity index (χ3n) is 4.65. The highest BCUT2D eigenvalue weighted by Crippen LogP contribution is 2.22. The Bertz CT molecular complexity index is 590. The summed E-state index contributed by atoms with van der Waals surface area (Å²) in [6.45, 7) is 3.26. The standard InChI is InChI=1S/C17H22FN3O2/c1-12-4-2-3-9-20(12)17(23)19-14-10-16(22)21(11-14)15-7-5-13(18)6-8-15/h5-8,12,14H,2-4,9-11H2,1H3,(H,19,23)/t12-,14-/m1/s1. The number of nitrogens with zero attached hydrogens (tertiary/aromatic N) is 2. The van der Waals surface area contributed by atoms with Crippen molar-refractivity contribution in [2.75, 3.05) is 18.0 Å². The van der Waals surface area contributed by atoms with Gasteiger partial charge >= 0.3 is 6.03 Å². The van der Waals surface area contributed by atoms with Gasteiger partial charge in [0, 0.05) is 31.2 Å². The first-order valence-corrected chi connectivity index (χ1v) is 8.17. The van der Waals surface area contributed by atoms with Crippen molar-refractivity contribution in [2.45, 2.75) is 44.7 Å². The highest BCUT2D eigenvalue weighted by atomic mass is 19.1. The Morgan fingerprint density at radius 2 is 2.00 bits per heavy atom. The molecule has 23 heavy (non-hydrogen) atoms. The van der Waals surface area contributed by atoms with E-state index in [2.05, 4.69) is 12.2 Å². The molecule has 0 radical (unpaired) electrons. The van der Waals surface area contributed by atoms with Gasteiger partial charge in [-0.15, -0.1) is 0 Å². The zero-order valence-corrected chi connectivity index (χ0v) is 13.3. The second-order valence-corrected chi connectivity index (χ2v) is 6.37. The van der Waals surface area contributed by atoms with Crippen LogP contribution in [0.1, 0.15) is 32.6 Å². The van der Waals surface area contributed by atoms with Gasteiger partial charge in [0.15, 0.2) is 0 Å². The van der Waals surface area contributed by atoms with Crippen molar-refractivity contribution in [1.82, 2.24) is 10.2 Å². The molecule has 2 saturated heterocycles. The number of nitrogens with one attached hydrogen (secondary N) is 1. The fraction of sp³-hybridized carbons (Fsp3) is 0.529. The van der Waals surface area contributed by atoms with Gasteiger partial charge in [-0.1, -0.05) is 0 Å². The Balaban J connectivity index is 1.61. The maximum atomic E-state index is 13.0. The number of piperidine rings is 1. The van der Waals surface area contributed by atoms with Gasteiger partial charge in [-0.3, -0.25) is 4.79 Å². The number of carbonyl (C=O) groups is 2. The van der Waals surface area contributed by atoms with Crippen LogP contribution in [0.15, 0.2) is 24.3 Å². The molecule has 1 aromatic carbocycles. The van der Waals surface area contributed by atoms with Crippen LogP contribution in [0.2, 0.25) is 0 Å². The fourth-order valence-electron chi connectivity index (χ4n) is 3.33. The summed E-state index contributed by atoms with van der Waals surface area (Å²) in [5.41, 5.74) is 0.666. The molecule has 0 aliphatic carbocycles. The number of likely N-dealkylation sites (tertiary alicyclic amines) is 1. The monoisotopic (exact) mass is 319 g/mol. The highest BCUT2D eigenvalue weighted by Gasteiger charge is 2.33. The van der Waals surface area contributed by atoms with E-state index in [1.165, 1.54) is 12.1 Å². The molecule has 2 atom stereocenters. The number of anilines is 1. The molecule has 3 amide bonds. The lowest BCUT2D eigenvalue weighted by atomic mass is 10.0. The number of carbonyl (C=O) groups excluding carboxylic acids is 2. The van der Waals surface area contributed by atoms with Gasteiger partial charge in [-0.05, 0) is 50.5 Å². The van der Waals surface area contributed by atoms with Gasteiger partial charge in [0.1, 0.15) is 5.82 Å². The van der Waals surface area contributed by atoms with E-state index < -0.39 is 0 Å². The minimum Gasteiger partial charge on any atom is -0.333 e. The number of hydrogen-bond donors (Lipinski definition) is 1.